The van der Waals surface area contributed by atoms with Crippen molar-refractivity contribution in [3.05, 3.63) is 0 Å². The smallest absolute Gasteiger partial charge is 0.0698 e. The first kappa shape index (κ1) is 12.0. The van der Waals surface area contributed by atoms with E-state index in [0.717, 1.165) is 12.3 Å². The Labute approximate surface area is 88.9 Å². The van der Waals surface area contributed by atoms with Crippen LogP contribution in [0.1, 0.15) is 59.8 Å². The third kappa shape index (κ3) is 2.73. The quantitative estimate of drug-likeness (QED) is 0.691. The van der Waals surface area contributed by atoms with Gasteiger partial charge < -0.3 is 5.11 Å². The summed E-state index contributed by atoms with van der Waals surface area (Å²) in [6, 6.07) is 0. The molecule has 1 aliphatic carbocycles. The van der Waals surface area contributed by atoms with Crippen molar-refractivity contribution < 1.29 is 5.11 Å². The van der Waals surface area contributed by atoms with Crippen molar-refractivity contribution in [3.8, 4) is 0 Å². The second kappa shape index (κ2) is 4.65. The average molecular weight is 198 g/mol. The molecule has 2 unspecified atom stereocenters. The van der Waals surface area contributed by atoms with Crippen LogP contribution in [0, 0.1) is 17.8 Å². The molecular formula is C13H26O. The fourth-order valence-electron chi connectivity index (χ4n) is 2.23. The minimum absolute atomic E-state index is 0.358. The molecule has 84 valence electrons. The predicted molar refractivity (Wildman–Crippen MR) is 61.2 cm³/mol. The van der Waals surface area contributed by atoms with Gasteiger partial charge in [0.2, 0.25) is 0 Å². The molecule has 1 rings (SSSR count). The zero-order chi connectivity index (χ0) is 10.8. The van der Waals surface area contributed by atoms with Gasteiger partial charge in [0.25, 0.3) is 0 Å². The van der Waals surface area contributed by atoms with Crippen LogP contribution in [0.4, 0.5) is 0 Å². The highest BCUT2D eigenvalue weighted by Gasteiger charge is 2.45. The van der Waals surface area contributed by atoms with E-state index in [4.69, 9.17) is 0 Å². The van der Waals surface area contributed by atoms with E-state index >= 15 is 0 Å². The van der Waals surface area contributed by atoms with Gasteiger partial charge in [0.05, 0.1) is 5.60 Å². The van der Waals surface area contributed by atoms with Crippen LogP contribution in [0.3, 0.4) is 0 Å². The SMILES string of the molecule is CCC(C)CCC(O)(C(C)C)C1CC1. The largest absolute Gasteiger partial charge is 0.389 e. The fourth-order valence-corrected chi connectivity index (χ4v) is 2.23. The van der Waals surface area contributed by atoms with Gasteiger partial charge in [-0.1, -0.05) is 34.1 Å². The summed E-state index contributed by atoms with van der Waals surface area (Å²) in [4.78, 5) is 0. The van der Waals surface area contributed by atoms with Crippen molar-refractivity contribution in [2.75, 3.05) is 0 Å². The van der Waals surface area contributed by atoms with E-state index in [0.29, 0.717) is 11.8 Å². The third-order valence-electron chi connectivity index (χ3n) is 4.02. The zero-order valence-corrected chi connectivity index (χ0v) is 10.2. The predicted octanol–water partition coefficient (Wildman–Crippen LogP) is 3.61. The van der Waals surface area contributed by atoms with Crippen molar-refractivity contribution in [2.45, 2.75) is 65.4 Å². The first-order chi connectivity index (χ1) is 6.50. The molecule has 0 bridgehead atoms. The van der Waals surface area contributed by atoms with Crippen molar-refractivity contribution in [2.24, 2.45) is 17.8 Å². The van der Waals surface area contributed by atoms with Crippen LogP contribution < -0.4 is 0 Å². The van der Waals surface area contributed by atoms with E-state index in [9.17, 15) is 5.11 Å². The highest BCUT2D eigenvalue weighted by atomic mass is 16.3. The number of hydrogen-bond donors (Lipinski definition) is 1. The molecule has 0 amide bonds. The highest BCUT2D eigenvalue weighted by Crippen LogP contribution is 2.46. The van der Waals surface area contributed by atoms with E-state index in [1.54, 1.807) is 0 Å². The molecule has 0 heterocycles. The molecule has 1 saturated carbocycles. The van der Waals surface area contributed by atoms with Gasteiger partial charge in [-0.3, -0.25) is 0 Å². The van der Waals surface area contributed by atoms with Gasteiger partial charge in [-0.2, -0.15) is 0 Å². The molecule has 1 nitrogen and oxygen atoms in total. The van der Waals surface area contributed by atoms with Crippen molar-refractivity contribution in [3.63, 3.8) is 0 Å². The highest BCUT2D eigenvalue weighted by molar-refractivity contribution is 4.96. The first-order valence-corrected chi connectivity index (χ1v) is 6.23. The van der Waals surface area contributed by atoms with Gasteiger partial charge >= 0.3 is 0 Å². The summed E-state index contributed by atoms with van der Waals surface area (Å²) in [5, 5.41) is 10.6. The third-order valence-corrected chi connectivity index (χ3v) is 4.02. The molecule has 0 aromatic rings. The van der Waals surface area contributed by atoms with E-state index < -0.39 is 0 Å². The number of rotatable bonds is 6. The van der Waals surface area contributed by atoms with Gasteiger partial charge in [0.15, 0.2) is 0 Å². The molecule has 1 heteroatoms. The molecular weight excluding hydrogens is 172 g/mol. The Kier molecular flexibility index (Phi) is 4.00. The summed E-state index contributed by atoms with van der Waals surface area (Å²) in [5.41, 5.74) is -0.358. The second-order valence-electron chi connectivity index (χ2n) is 5.47. The van der Waals surface area contributed by atoms with Gasteiger partial charge in [0, 0.05) is 0 Å². The van der Waals surface area contributed by atoms with Crippen LogP contribution >= 0.6 is 0 Å². The van der Waals surface area contributed by atoms with E-state index in [-0.39, 0.29) is 5.60 Å². The van der Waals surface area contributed by atoms with Crippen LogP contribution in [0.15, 0.2) is 0 Å². The van der Waals surface area contributed by atoms with Gasteiger partial charge in [-0.15, -0.1) is 0 Å². The molecule has 0 aromatic heterocycles. The lowest BCUT2D eigenvalue weighted by molar-refractivity contribution is -0.0383. The fraction of sp³-hybridized carbons (Fsp3) is 1.00. The van der Waals surface area contributed by atoms with Gasteiger partial charge in [0.1, 0.15) is 0 Å². The van der Waals surface area contributed by atoms with E-state index in [1.165, 1.54) is 25.7 Å². The van der Waals surface area contributed by atoms with Crippen LogP contribution in [0.2, 0.25) is 0 Å². The Hall–Kier alpha value is -0.0400. The Bertz CT molecular complexity index is 168. The summed E-state index contributed by atoms with van der Waals surface area (Å²) in [6.07, 6.45) is 5.91. The molecule has 2 atom stereocenters. The molecule has 14 heavy (non-hydrogen) atoms. The molecule has 1 N–H and O–H groups in total. The summed E-state index contributed by atoms with van der Waals surface area (Å²) >= 11 is 0. The topological polar surface area (TPSA) is 20.2 Å². The van der Waals surface area contributed by atoms with Crippen LogP contribution in [0.25, 0.3) is 0 Å². The van der Waals surface area contributed by atoms with Crippen molar-refractivity contribution >= 4 is 0 Å². The maximum atomic E-state index is 10.6. The number of hydrogen-bond acceptors (Lipinski definition) is 1. The van der Waals surface area contributed by atoms with Crippen molar-refractivity contribution in [1.29, 1.82) is 0 Å². The lowest BCUT2D eigenvalue weighted by Gasteiger charge is -2.33. The van der Waals surface area contributed by atoms with Crippen LogP contribution in [0.5, 0.6) is 0 Å². The molecule has 1 fully saturated rings. The Morgan fingerprint density at radius 1 is 1.29 bits per heavy atom. The molecule has 0 aliphatic heterocycles. The molecule has 0 saturated heterocycles. The maximum Gasteiger partial charge on any atom is 0.0698 e. The van der Waals surface area contributed by atoms with E-state index in [2.05, 4.69) is 27.7 Å². The van der Waals surface area contributed by atoms with Crippen molar-refractivity contribution in [1.82, 2.24) is 0 Å². The average Bonchev–Trinajstić information content (AvgIpc) is 2.96. The molecule has 0 spiro atoms. The molecule has 1 aliphatic rings. The maximum absolute atomic E-state index is 10.6. The van der Waals surface area contributed by atoms with Gasteiger partial charge in [-0.05, 0) is 43.4 Å². The minimum atomic E-state index is -0.358. The summed E-state index contributed by atoms with van der Waals surface area (Å²) in [6.45, 7) is 8.84. The zero-order valence-electron chi connectivity index (χ0n) is 10.2. The monoisotopic (exact) mass is 198 g/mol. The molecule has 0 radical (unpaired) electrons. The Morgan fingerprint density at radius 2 is 1.86 bits per heavy atom. The normalized spacial score (nSPS) is 23.6. The van der Waals surface area contributed by atoms with Crippen LogP contribution in [-0.2, 0) is 0 Å². The molecule has 0 aromatic carbocycles. The minimum Gasteiger partial charge on any atom is -0.389 e. The lowest BCUT2D eigenvalue weighted by atomic mass is 9.80. The summed E-state index contributed by atoms with van der Waals surface area (Å²) < 4.78 is 0. The summed E-state index contributed by atoms with van der Waals surface area (Å²) in [7, 11) is 0. The Balaban J connectivity index is 2.43. The van der Waals surface area contributed by atoms with Gasteiger partial charge in [-0.25, -0.2) is 0 Å². The first-order valence-electron chi connectivity index (χ1n) is 6.23. The lowest BCUT2D eigenvalue weighted by Crippen LogP contribution is -2.37. The number of aliphatic hydroxyl groups is 1. The van der Waals surface area contributed by atoms with E-state index in [1.807, 2.05) is 0 Å². The summed E-state index contributed by atoms with van der Waals surface area (Å²) in [5.74, 6) is 1.78. The second-order valence-corrected chi connectivity index (χ2v) is 5.47. The standard InChI is InChI=1S/C13H26O/c1-5-11(4)8-9-13(14,10(2)3)12-6-7-12/h10-12,14H,5-9H2,1-4H3. The van der Waals surface area contributed by atoms with Crippen LogP contribution in [-0.4, -0.2) is 10.7 Å². The Morgan fingerprint density at radius 3 is 2.21 bits per heavy atom.